The van der Waals surface area contributed by atoms with E-state index in [9.17, 15) is 9.18 Å². The Morgan fingerprint density at radius 3 is 2.62 bits per heavy atom. The summed E-state index contributed by atoms with van der Waals surface area (Å²) in [7, 11) is 1.21. The van der Waals surface area contributed by atoms with Crippen molar-refractivity contribution < 1.29 is 24.1 Å². The van der Waals surface area contributed by atoms with Gasteiger partial charge in [0.1, 0.15) is 5.56 Å². The number of carboxylic acids is 1. The number of halogens is 1. The highest BCUT2D eigenvalue weighted by Crippen LogP contribution is 2.27. The molecule has 0 fully saturated rings. The maximum Gasteiger partial charge on any atom is 0.339 e. The van der Waals surface area contributed by atoms with Gasteiger partial charge in [0, 0.05) is 12.5 Å². The van der Waals surface area contributed by atoms with Crippen LogP contribution in [0.2, 0.25) is 0 Å². The molecule has 16 heavy (non-hydrogen) atoms. The van der Waals surface area contributed by atoms with Gasteiger partial charge in [0.25, 0.3) is 0 Å². The van der Waals surface area contributed by atoms with Crippen LogP contribution in [0.25, 0.3) is 0 Å². The van der Waals surface area contributed by atoms with Crippen LogP contribution < -0.4 is 4.74 Å². The number of hydrogen-bond acceptors (Lipinski definition) is 3. The first-order valence-electron chi connectivity index (χ1n) is 4.72. The van der Waals surface area contributed by atoms with Gasteiger partial charge in [-0.1, -0.05) is 6.92 Å². The van der Waals surface area contributed by atoms with Crippen molar-refractivity contribution >= 4 is 5.97 Å². The molecule has 0 saturated heterocycles. The van der Waals surface area contributed by atoms with Crippen LogP contribution in [-0.4, -0.2) is 29.9 Å². The fraction of sp³-hybridized carbons (Fsp3) is 0.364. The van der Waals surface area contributed by atoms with E-state index < -0.39 is 11.8 Å². The molecule has 0 saturated carbocycles. The molecule has 4 nitrogen and oxygen atoms in total. The number of aliphatic hydroxyl groups excluding tert-OH is 1. The summed E-state index contributed by atoms with van der Waals surface area (Å²) in [6, 6.07) is 2.48. The number of aliphatic hydroxyl groups is 1. The van der Waals surface area contributed by atoms with Gasteiger partial charge in [0.2, 0.25) is 0 Å². The SMILES string of the molecule is COc1c(F)cc(C(C)CO)cc1C(=O)O. The topological polar surface area (TPSA) is 66.8 Å². The van der Waals surface area contributed by atoms with E-state index in [1.165, 1.54) is 19.2 Å². The summed E-state index contributed by atoms with van der Waals surface area (Å²) in [5, 5.41) is 17.8. The molecule has 0 radical (unpaired) electrons. The maximum atomic E-state index is 13.5. The number of benzene rings is 1. The molecule has 0 amide bonds. The summed E-state index contributed by atoms with van der Waals surface area (Å²) in [4.78, 5) is 10.9. The van der Waals surface area contributed by atoms with Crippen molar-refractivity contribution in [3.05, 3.63) is 29.1 Å². The minimum absolute atomic E-state index is 0.176. The second-order valence-electron chi connectivity index (χ2n) is 3.47. The van der Waals surface area contributed by atoms with Gasteiger partial charge in [-0.05, 0) is 17.7 Å². The van der Waals surface area contributed by atoms with E-state index in [2.05, 4.69) is 4.74 Å². The molecule has 1 atom stereocenters. The second kappa shape index (κ2) is 4.94. The molecule has 0 aliphatic carbocycles. The first-order valence-corrected chi connectivity index (χ1v) is 4.72. The molecule has 1 unspecified atom stereocenters. The van der Waals surface area contributed by atoms with Crippen molar-refractivity contribution in [2.75, 3.05) is 13.7 Å². The fourth-order valence-corrected chi connectivity index (χ4v) is 1.37. The lowest BCUT2D eigenvalue weighted by molar-refractivity contribution is 0.0692. The van der Waals surface area contributed by atoms with Crippen molar-refractivity contribution in [2.24, 2.45) is 0 Å². The molecular weight excluding hydrogens is 215 g/mol. The van der Waals surface area contributed by atoms with Crippen LogP contribution in [-0.2, 0) is 0 Å². The Morgan fingerprint density at radius 2 is 2.19 bits per heavy atom. The van der Waals surface area contributed by atoms with E-state index in [1.54, 1.807) is 6.92 Å². The number of aromatic carboxylic acids is 1. The van der Waals surface area contributed by atoms with Gasteiger partial charge in [0.05, 0.1) is 7.11 Å². The zero-order chi connectivity index (χ0) is 12.3. The summed E-state index contributed by atoms with van der Waals surface area (Å²) in [6.45, 7) is 1.50. The van der Waals surface area contributed by atoms with Crippen molar-refractivity contribution in [3.8, 4) is 5.75 Å². The molecule has 0 aromatic heterocycles. The Balaban J connectivity index is 3.33. The van der Waals surface area contributed by atoms with Gasteiger partial charge in [-0.15, -0.1) is 0 Å². The largest absolute Gasteiger partial charge is 0.493 e. The van der Waals surface area contributed by atoms with Crippen molar-refractivity contribution in [3.63, 3.8) is 0 Å². The van der Waals surface area contributed by atoms with E-state index in [0.717, 1.165) is 0 Å². The lowest BCUT2D eigenvalue weighted by Crippen LogP contribution is -2.07. The lowest BCUT2D eigenvalue weighted by atomic mass is 9.99. The lowest BCUT2D eigenvalue weighted by Gasteiger charge is -2.12. The zero-order valence-electron chi connectivity index (χ0n) is 9.03. The van der Waals surface area contributed by atoms with Crippen LogP contribution in [0.1, 0.15) is 28.8 Å². The zero-order valence-corrected chi connectivity index (χ0v) is 9.03. The Kier molecular flexibility index (Phi) is 3.84. The van der Waals surface area contributed by atoms with E-state index >= 15 is 0 Å². The van der Waals surface area contributed by atoms with Crippen molar-refractivity contribution in [2.45, 2.75) is 12.8 Å². The highest BCUT2D eigenvalue weighted by molar-refractivity contribution is 5.91. The molecular formula is C11H13FO4. The molecule has 1 aromatic carbocycles. The number of hydrogen-bond donors (Lipinski definition) is 2. The van der Waals surface area contributed by atoms with E-state index in [1.807, 2.05) is 0 Å². The van der Waals surface area contributed by atoms with Crippen LogP contribution in [0.3, 0.4) is 0 Å². The first-order chi connectivity index (χ1) is 7.51. The predicted octanol–water partition coefficient (Wildman–Crippen LogP) is 1.63. The average molecular weight is 228 g/mol. The Labute approximate surface area is 92.3 Å². The first kappa shape index (κ1) is 12.4. The second-order valence-corrected chi connectivity index (χ2v) is 3.47. The highest BCUT2D eigenvalue weighted by Gasteiger charge is 2.18. The molecule has 0 aliphatic heterocycles. The van der Waals surface area contributed by atoms with Crippen LogP contribution >= 0.6 is 0 Å². The standard InChI is InChI=1S/C11H13FO4/c1-6(5-13)7-3-8(11(14)15)10(16-2)9(12)4-7/h3-4,6,13H,5H2,1-2H3,(H,14,15). The normalized spacial score (nSPS) is 12.2. The Bertz CT molecular complexity index is 403. The van der Waals surface area contributed by atoms with Gasteiger partial charge in [-0.25, -0.2) is 9.18 Å². The number of methoxy groups -OCH3 is 1. The molecule has 1 aromatic rings. The fourth-order valence-electron chi connectivity index (χ4n) is 1.37. The third kappa shape index (κ3) is 2.30. The van der Waals surface area contributed by atoms with Crippen molar-refractivity contribution in [1.82, 2.24) is 0 Å². The quantitative estimate of drug-likeness (QED) is 0.821. The van der Waals surface area contributed by atoms with Gasteiger partial charge < -0.3 is 14.9 Å². The van der Waals surface area contributed by atoms with Gasteiger partial charge in [-0.3, -0.25) is 0 Å². The van der Waals surface area contributed by atoms with Gasteiger partial charge in [0.15, 0.2) is 11.6 Å². The third-order valence-corrected chi connectivity index (χ3v) is 2.34. The molecule has 0 aliphatic rings. The Morgan fingerprint density at radius 1 is 1.56 bits per heavy atom. The minimum Gasteiger partial charge on any atom is -0.493 e. The minimum atomic E-state index is -1.26. The molecule has 0 bridgehead atoms. The molecule has 0 spiro atoms. The summed E-state index contributed by atoms with van der Waals surface area (Å²) >= 11 is 0. The third-order valence-electron chi connectivity index (χ3n) is 2.34. The van der Waals surface area contributed by atoms with Crippen LogP contribution in [0, 0.1) is 5.82 Å². The summed E-state index contributed by atoms with van der Waals surface area (Å²) in [5.74, 6) is -2.61. The summed E-state index contributed by atoms with van der Waals surface area (Å²) in [5.41, 5.74) is 0.191. The molecule has 2 N–H and O–H groups in total. The van der Waals surface area contributed by atoms with E-state index in [4.69, 9.17) is 10.2 Å². The molecule has 88 valence electrons. The number of ether oxygens (including phenoxy) is 1. The Hall–Kier alpha value is -1.62. The van der Waals surface area contributed by atoms with E-state index in [-0.39, 0.29) is 23.8 Å². The van der Waals surface area contributed by atoms with Crippen LogP contribution in [0.4, 0.5) is 4.39 Å². The van der Waals surface area contributed by atoms with Gasteiger partial charge in [-0.2, -0.15) is 0 Å². The van der Waals surface area contributed by atoms with E-state index in [0.29, 0.717) is 5.56 Å². The highest BCUT2D eigenvalue weighted by atomic mass is 19.1. The number of carboxylic acid groups (broad SMARTS) is 1. The smallest absolute Gasteiger partial charge is 0.339 e. The predicted molar refractivity (Wildman–Crippen MR) is 55.4 cm³/mol. The summed E-state index contributed by atoms with van der Waals surface area (Å²) < 4.78 is 18.2. The number of carbonyl (C=O) groups is 1. The summed E-state index contributed by atoms with van der Waals surface area (Å²) in [6.07, 6.45) is 0. The molecule has 5 heteroatoms. The van der Waals surface area contributed by atoms with Crippen LogP contribution in [0.15, 0.2) is 12.1 Å². The van der Waals surface area contributed by atoms with Crippen LogP contribution in [0.5, 0.6) is 5.75 Å². The monoisotopic (exact) mass is 228 g/mol. The molecule has 1 rings (SSSR count). The maximum absolute atomic E-state index is 13.5. The van der Waals surface area contributed by atoms with Gasteiger partial charge >= 0.3 is 5.97 Å². The number of rotatable bonds is 4. The average Bonchev–Trinajstić information content (AvgIpc) is 2.26. The molecule has 0 heterocycles. The van der Waals surface area contributed by atoms with Crippen molar-refractivity contribution in [1.29, 1.82) is 0 Å².